The van der Waals surface area contributed by atoms with Crippen LogP contribution in [0.3, 0.4) is 0 Å². The predicted molar refractivity (Wildman–Crippen MR) is 156 cm³/mol. The monoisotopic (exact) mass is 574 g/mol. The summed E-state index contributed by atoms with van der Waals surface area (Å²) in [6.07, 6.45) is 3.35. The normalized spacial score (nSPS) is 14.3. The molecule has 0 radical (unpaired) electrons. The highest BCUT2D eigenvalue weighted by atomic mass is 32.1. The number of para-hydroxylation sites is 1. The molecule has 0 saturated heterocycles. The van der Waals surface area contributed by atoms with Crippen LogP contribution in [0.2, 0.25) is 0 Å². The van der Waals surface area contributed by atoms with Crippen LogP contribution < -0.4 is 19.8 Å². The van der Waals surface area contributed by atoms with Gasteiger partial charge in [0.15, 0.2) is 22.1 Å². The van der Waals surface area contributed by atoms with Gasteiger partial charge >= 0.3 is 5.97 Å². The molecule has 2 aromatic heterocycles. The van der Waals surface area contributed by atoms with Gasteiger partial charge in [-0.25, -0.2) is 9.78 Å². The molecule has 10 heteroatoms. The molecule has 5 rings (SSSR count). The summed E-state index contributed by atoms with van der Waals surface area (Å²) in [4.78, 5) is 46.7. The smallest absolute Gasteiger partial charge is 0.350 e. The summed E-state index contributed by atoms with van der Waals surface area (Å²) < 4.78 is 23.1. The summed E-state index contributed by atoms with van der Waals surface area (Å²) in [5.41, 5.74) is 1.20. The van der Waals surface area contributed by atoms with Gasteiger partial charge < -0.3 is 18.6 Å². The third-order valence-electron chi connectivity index (χ3n) is 6.63. The number of fused-ring (bicyclic) bond motifs is 2. The Balaban J connectivity index is 1.68. The van der Waals surface area contributed by atoms with E-state index in [0.29, 0.717) is 46.9 Å². The van der Waals surface area contributed by atoms with Gasteiger partial charge in [0.1, 0.15) is 17.1 Å². The van der Waals surface area contributed by atoms with E-state index in [4.69, 9.17) is 18.6 Å². The maximum Gasteiger partial charge on any atom is 0.350 e. The Labute approximate surface area is 241 Å². The van der Waals surface area contributed by atoms with Gasteiger partial charge in [-0.2, -0.15) is 0 Å². The summed E-state index contributed by atoms with van der Waals surface area (Å²) >= 11 is 1.01. The highest BCUT2D eigenvalue weighted by Gasteiger charge is 2.45. The number of thiazole rings is 1. The number of carbonyl (C=O) groups excluding carboxylic acids is 2. The van der Waals surface area contributed by atoms with E-state index in [2.05, 4.69) is 18.5 Å². The van der Waals surface area contributed by atoms with E-state index >= 15 is 0 Å². The predicted octanol–water partition coefficient (Wildman–Crippen LogP) is 6.23. The van der Waals surface area contributed by atoms with Gasteiger partial charge in [0, 0.05) is 0 Å². The molecule has 3 heterocycles. The van der Waals surface area contributed by atoms with Crippen LogP contribution >= 0.6 is 11.3 Å². The number of anilines is 1. The largest absolute Gasteiger partial charge is 0.490 e. The first kappa shape index (κ1) is 28.1. The standard InChI is InChI=1S/C31H30N2O7S/c1-5-8-16-38-22-14-13-19(17-23(22)37-7-3)25-24-26(34)20-11-9-10-12-21(20)40-27(24)29(35)33(25)31-32-18(4)28(41-31)30(36)39-15-6-2/h6,9-14,17,25H,2,5,7-8,15-16H2,1,3-4H3. The minimum absolute atomic E-state index is 0.0418. The Morgan fingerprint density at radius 2 is 1.95 bits per heavy atom. The van der Waals surface area contributed by atoms with Crippen LogP contribution in [0.25, 0.3) is 11.0 Å². The number of aryl methyl sites for hydroxylation is 1. The van der Waals surface area contributed by atoms with Crippen LogP contribution in [0.15, 0.2) is 64.3 Å². The van der Waals surface area contributed by atoms with Crippen molar-refractivity contribution in [3.63, 3.8) is 0 Å². The Bertz CT molecular complexity index is 1690. The Hall–Kier alpha value is -4.44. The number of amides is 1. The Morgan fingerprint density at radius 1 is 1.15 bits per heavy atom. The fourth-order valence-corrected chi connectivity index (χ4v) is 5.70. The number of benzene rings is 2. The molecule has 9 nitrogen and oxygen atoms in total. The zero-order valence-electron chi connectivity index (χ0n) is 23.1. The molecule has 41 heavy (non-hydrogen) atoms. The van der Waals surface area contributed by atoms with Crippen molar-refractivity contribution < 1.29 is 28.2 Å². The van der Waals surface area contributed by atoms with Gasteiger partial charge in [-0.3, -0.25) is 14.5 Å². The maximum absolute atomic E-state index is 14.0. The summed E-state index contributed by atoms with van der Waals surface area (Å²) in [5.74, 6) is -0.101. The summed E-state index contributed by atoms with van der Waals surface area (Å²) in [5, 5.41) is 0.596. The molecule has 0 bridgehead atoms. The molecule has 0 saturated carbocycles. The van der Waals surface area contributed by atoms with Crippen LogP contribution in [-0.4, -0.2) is 36.7 Å². The van der Waals surface area contributed by atoms with Crippen LogP contribution in [0.1, 0.15) is 69.8 Å². The molecule has 212 valence electrons. The van der Waals surface area contributed by atoms with E-state index in [-0.39, 0.29) is 33.4 Å². The van der Waals surface area contributed by atoms with Crippen molar-refractivity contribution in [1.29, 1.82) is 0 Å². The number of esters is 1. The Kier molecular flexibility index (Phi) is 8.21. The fourth-order valence-electron chi connectivity index (χ4n) is 4.72. The molecule has 4 aromatic rings. The van der Waals surface area contributed by atoms with Crippen LogP contribution in [0.5, 0.6) is 11.5 Å². The zero-order valence-corrected chi connectivity index (χ0v) is 23.9. The lowest BCUT2D eigenvalue weighted by molar-refractivity contribution is 0.0554. The van der Waals surface area contributed by atoms with E-state index in [9.17, 15) is 14.4 Å². The van der Waals surface area contributed by atoms with Crippen molar-refractivity contribution in [2.24, 2.45) is 0 Å². The lowest BCUT2D eigenvalue weighted by Gasteiger charge is -2.23. The second-order valence-electron chi connectivity index (χ2n) is 9.39. The second-order valence-corrected chi connectivity index (χ2v) is 10.4. The van der Waals surface area contributed by atoms with Gasteiger partial charge in [-0.1, -0.05) is 55.5 Å². The van der Waals surface area contributed by atoms with Gasteiger partial charge in [-0.15, -0.1) is 0 Å². The number of hydrogen-bond acceptors (Lipinski definition) is 9. The summed E-state index contributed by atoms with van der Waals surface area (Å²) in [7, 11) is 0. The highest BCUT2D eigenvalue weighted by Crippen LogP contribution is 2.45. The molecule has 0 spiro atoms. The average molecular weight is 575 g/mol. The molecule has 0 aliphatic carbocycles. The molecule has 1 aliphatic heterocycles. The number of ether oxygens (including phenoxy) is 3. The van der Waals surface area contributed by atoms with E-state index in [0.717, 1.165) is 24.2 Å². The average Bonchev–Trinajstić information content (AvgIpc) is 3.50. The molecule has 1 atom stereocenters. The molecule has 1 aliphatic rings. The third-order valence-corrected chi connectivity index (χ3v) is 7.76. The summed E-state index contributed by atoms with van der Waals surface area (Å²) in [6, 6.07) is 11.3. The van der Waals surface area contributed by atoms with Crippen molar-refractivity contribution in [2.75, 3.05) is 24.7 Å². The van der Waals surface area contributed by atoms with Gasteiger partial charge in [-0.05, 0) is 50.1 Å². The van der Waals surface area contributed by atoms with Crippen molar-refractivity contribution in [2.45, 2.75) is 39.7 Å². The molecule has 0 N–H and O–H groups in total. The van der Waals surface area contributed by atoms with Crippen LogP contribution in [-0.2, 0) is 4.74 Å². The first-order valence-corrected chi connectivity index (χ1v) is 14.2. The second kappa shape index (κ2) is 12.0. The van der Waals surface area contributed by atoms with Crippen LogP contribution in [0.4, 0.5) is 5.13 Å². The van der Waals surface area contributed by atoms with Crippen LogP contribution in [0, 0.1) is 6.92 Å². The topological polar surface area (TPSA) is 108 Å². The van der Waals surface area contributed by atoms with Crippen molar-refractivity contribution in [3.05, 3.63) is 92.8 Å². The first-order valence-electron chi connectivity index (χ1n) is 13.4. The minimum atomic E-state index is -0.884. The number of carbonyl (C=O) groups is 2. The lowest BCUT2D eigenvalue weighted by Crippen LogP contribution is -2.29. The number of rotatable bonds is 11. The van der Waals surface area contributed by atoms with Gasteiger partial charge in [0.05, 0.1) is 35.9 Å². The third kappa shape index (κ3) is 5.22. The summed E-state index contributed by atoms with van der Waals surface area (Å²) in [6.45, 7) is 10.2. The number of aromatic nitrogens is 1. The Morgan fingerprint density at radius 3 is 2.71 bits per heavy atom. The quantitative estimate of drug-likeness (QED) is 0.118. The van der Waals surface area contributed by atoms with Crippen molar-refractivity contribution in [1.82, 2.24) is 4.98 Å². The van der Waals surface area contributed by atoms with E-state index in [1.54, 1.807) is 49.4 Å². The van der Waals surface area contributed by atoms with Gasteiger partial charge in [0.25, 0.3) is 5.91 Å². The van der Waals surface area contributed by atoms with E-state index < -0.39 is 17.9 Å². The lowest BCUT2D eigenvalue weighted by atomic mass is 9.98. The first-order chi connectivity index (χ1) is 19.9. The molecule has 0 fully saturated rings. The molecule has 2 aromatic carbocycles. The minimum Gasteiger partial charge on any atom is -0.490 e. The van der Waals surface area contributed by atoms with Crippen molar-refractivity contribution in [3.8, 4) is 11.5 Å². The maximum atomic E-state index is 14.0. The van der Waals surface area contributed by atoms with Crippen molar-refractivity contribution >= 4 is 39.3 Å². The zero-order chi connectivity index (χ0) is 29.1. The van der Waals surface area contributed by atoms with E-state index in [1.165, 1.54) is 11.0 Å². The number of hydrogen-bond donors (Lipinski definition) is 0. The van der Waals surface area contributed by atoms with E-state index in [1.807, 2.05) is 6.92 Å². The SMILES string of the molecule is C=CCOC(=O)c1sc(N2C(=O)c3oc4ccccc4c(=O)c3C2c2ccc(OCCCC)c(OCC)c2)nc1C. The number of nitrogens with zero attached hydrogens (tertiary/aromatic N) is 2. The molecular weight excluding hydrogens is 544 g/mol. The molecular formula is C31H30N2O7S. The van der Waals surface area contributed by atoms with Gasteiger partial charge in [0.2, 0.25) is 5.76 Å². The highest BCUT2D eigenvalue weighted by molar-refractivity contribution is 7.17. The molecule has 1 amide bonds. The fraction of sp³-hybridized carbons (Fsp3) is 0.290. The molecule has 1 unspecified atom stereocenters. The number of unbranched alkanes of at least 4 members (excludes halogenated alkanes) is 1.